The van der Waals surface area contributed by atoms with Gasteiger partial charge in [0.15, 0.2) is 5.75 Å². The minimum absolute atomic E-state index is 0.120. The molecule has 1 aromatic heterocycles. The van der Waals surface area contributed by atoms with E-state index < -0.39 is 23.6 Å². The molecule has 3 rings (SSSR count). The Kier molecular flexibility index (Phi) is 4.29. The normalized spacial score (nSPS) is 11.3. The van der Waals surface area contributed by atoms with Gasteiger partial charge in [-0.05, 0) is 35.7 Å². The van der Waals surface area contributed by atoms with Gasteiger partial charge in [0.05, 0.1) is 5.69 Å². The summed E-state index contributed by atoms with van der Waals surface area (Å²) in [6, 6.07) is 11.6. The Balaban J connectivity index is 1.85. The van der Waals surface area contributed by atoms with Crippen LogP contribution in [0.3, 0.4) is 0 Å². The maximum Gasteiger partial charge on any atom is 0.573 e. The molecule has 26 heavy (non-hydrogen) atoms. The van der Waals surface area contributed by atoms with Crippen LogP contribution in [0.15, 0.2) is 53.3 Å². The van der Waals surface area contributed by atoms with E-state index in [1.54, 1.807) is 24.3 Å². The first-order chi connectivity index (χ1) is 12.2. The number of ether oxygens (including phenoxy) is 1. The molecule has 134 valence electrons. The number of hydrogen-bond donors (Lipinski definition) is 3. The number of aromatic nitrogens is 1. The van der Waals surface area contributed by atoms with Crippen molar-refractivity contribution in [1.82, 2.24) is 4.98 Å². The van der Waals surface area contributed by atoms with Crippen molar-refractivity contribution < 1.29 is 22.7 Å². The molecule has 0 aliphatic rings. The van der Waals surface area contributed by atoms with Gasteiger partial charge < -0.3 is 20.8 Å². The number of hydrogen-bond acceptors (Lipinski definition) is 4. The number of para-hydroxylation sites is 1. The van der Waals surface area contributed by atoms with Crippen LogP contribution in [0.5, 0.6) is 5.75 Å². The predicted molar refractivity (Wildman–Crippen MR) is 90.1 cm³/mol. The number of aromatic amines is 1. The molecule has 1 amide bonds. The Morgan fingerprint density at radius 1 is 1.12 bits per heavy atom. The van der Waals surface area contributed by atoms with Crippen LogP contribution in [0, 0.1) is 0 Å². The van der Waals surface area contributed by atoms with Crippen molar-refractivity contribution in [3.8, 4) is 5.75 Å². The number of fused-ring (bicyclic) bond motifs is 1. The summed E-state index contributed by atoms with van der Waals surface area (Å²) in [4.78, 5) is 27.0. The molecule has 9 heteroatoms. The minimum atomic E-state index is -4.88. The summed E-state index contributed by atoms with van der Waals surface area (Å²) in [7, 11) is 0. The molecule has 0 saturated heterocycles. The van der Waals surface area contributed by atoms with Crippen molar-refractivity contribution in [2.24, 2.45) is 0 Å². The first-order valence-electron chi connectivity index (χ1n) is 7.31. The van der Waals surface area contributed by atoms with Gasteiger partial charge in [0.2, 0.25) is 0 Å². The number of halogens is 3. The molecule has 2 aromatic carbocycles. The largest absolute Gasteiger partial charge is 0.573 e. The predicted octanol–water partition coefficient (Wildman–Crippen LogP) is 3.26. The van der Waals surface area contributed by atoms with Crippen molar-refractivity contribution in [3.05, 3.63) is 64.4 Å². The third-order valence-electron chi connectivity index (χ3n) is 3.49. The number of anilines is 2. The first-order valence-corrected chi connectivity index (χ1v) is 7.31. The second-order valence-electron chi connectivity index (χ2n) is 5.35. The molecule has 3 aromatic rings. The third kappa shape index (κ3) is 3.77. The third-order valence-corrected chi connectivity index (χ3v) is 3.49. The molecule has 0 bridgehead atoms. The average molecular weight is 363 g/mol. The van der Waals surface area contributed by atoms with E-state index in [1.165, 1.54) is 12.1 Å². The quantitative estimate of drug-likeness (QED) is 0.622. The van der Waals surface area contributed by atoms with E-state index in [9.17, 15) is 22.8 Å². The zero-order chi connectivity index (χ0) is 18.9. The number of benzene rings is 2. The number of nitrogens with one attached hydrogen (secondary N) is 2. The van der Waals surface area contributed by atoms with Crippen LogP contribution in [-0.4, -0.2) is 17.3 Å². The van der Waals surface area contributed by atoms with Gasteiger partial charge in [0.25, 0.3) is 11.5 Å². The summed E-state index contributed by atoms with van der Waals surface area (Å²) in [5.41, 5.74) is 5.15. The van der Waals surface area contributed by atoms with E-state index in [1.807, 2.05) is 0 Å². The zero-order valence-electron chi connectivity index (χ0n) is 13.1. The fraction of sp³-hybridized carbons (Fsp3) is 0.0588. The fourth-order valence-electron chi connectivity index (χ4n) is 2.36. The van der Waals surface area contributed by atoms with Gasteiger partial charge in [-0.1, -0.05) is 18.2 Å². The standard InChI is InChI=1S/C17H12F3N3O3/c18-17(19,20)26-14-6-5-10(8-12(14)21)22-15(24)11-7-9-3-1-2-4-13(9)23-16(11)25/h1-8H,21H2,(H,22,24)(H,23,25). The molecular formula is C17H12F3N3O3. The highest BCUT2D eigenvalue weighted by Crippen LogP contribution is 2.30. The second kappa shape index (κ2) is 6.43. The van der Waals surface area contributed by atoms with Crippen LogP contribution in [0.2, 0.25) is 0 Å². The van der Waals surface area contributed by atoms with Crippen molar-refractivity contribution in [1.29, 1.82) is 0 Å². The van der Waals surface area contributed by atoms with Gasteiger partial charge in [0.1, 0.15) is 5.56 Å². The number of H-pyrrole nitrogens is 1. The van der Waals surface area contributed by atoms with Crippen LogP contribution >= 0.6 is 0 Å². The Morgan fingerprint density at radius 2 is 1.85 bits per heavy atom. The topological polar surface area (TPSA) is 97.2 Å². The van der Waals surface area contributed by atoms with Crippen LogP contribution in [0.1, 0.15) is 10.4 Å². The molecule has 0 saturated carbocycles. The van der Waals surface area contributed by atoms with Gasteiger partial charge in [-0.2, -0.15) is 0 Å². The van der Waals surface area contributed by atoms with Crippen LogP contribution < -0.4 is 21.3 Å². The van der Waals surface area contributed by atoms with Gasteiger partial charge in [0, 0.05) is 11.2 Å². The Morgan fingerprint density at radius 3 is 2.54 bits per heavy atom. The maximum absolute atomic E-state index is 12.3. The number of carbonyl (C=O) groups is 1. The lowest BCUT2D eigenvalue weighted by atomic mass is 10.1. The second-order valence-corrected chi connectivity index (χ2v) is 5.35. The van der Waals surface area contributed by atoms with E-state index in [-0.39, 0.29) is 16.9 Å². The molecule has 0 atom stereocenters. The molecule has 0 aliphatic heterocycles. The van der Waals surface area contributed by atoms with Crippen molar-refractivity contribution in [3.63, 3.8) is 0 Å². The molecular weight excluding hydrogens is 351 g/mol. The Labute approximate surface area is 144 Å². The van der Waals surface area contributed by atoms with Crippen molar-refractivity contribution in [2.45, 2.75) is 6.36 Å². The molecule has 1 heterocycles. The summed E-state index contributed by atoms with van der Waals surface area (Å²) in [6.45, 7) is 0. The molecule has 0 fully saturated rings. The van der Waals surface area contributed by atoms with E-state index in [4.69, 9.17) is 5.73 Å². The first kappa shape index (κ1) is 17.3. The number of nitrogens with two attached hydrogens (primary N) is 1. The maximum atomic E-state index is 12.3. The SMILES string of the molecule is Nc1cc(NC(=O)c2cc3ccccc3[nH]c2=O)ccc1OC(F)(F)F. The van der Waals surface area contributed by atoms with Crippen molar-refractivity contribution >= 4 is 28.2 Å². The summed E-state index contributed by atoms with van der Waals surface area (Å²) >= 11 is 0. The molecule has 4 N–H and O–H groups in total. The summed E-state index contributed by atoms with van der Waals surface area (Å²) in [5, 5.41) is 3.08. The number of alkyl halides is 3. The lowest BCUT2D eigenvalue weighted by Crippen LogP contribution is -2.23. The Bertz CT molecular complexity index is 1040. The van der Waals surface area contributed by atoms with Crippen LogP contribution in [-0.2, 0) is 0 Å². The van der Waals surface area contributed by atoms with E-state index in [2.05, 4.69) is 15.0 Å². The summed E-state index contributed by atoms with van der Waals surface area (Å²) in [6.07, 6.45) is -4.88. The smallest absolute Gasteiger partial charge is 0.404 e. The van der Waals surface area contributed by atoms with Crippen LogP contribution in [0.25, 0.3) is 10.9 Å². The van der Waals surface area contributed by atoms with Gasteiger partial charge in [-0.15, -0.1) is 13.2 Å². The van der Waals surface area contributed by atoms with E-state index in [0.717, 1.165) is 12.1 Å². The summed E-state index contributed by atoms with van der Waals surface area (Å²) in [5.74, 6) is -1.31. The molecule has 0 aliphatic carbocycles. The molecule has 0 spiro atoms. The number of nitrogen functional groups attached to an aromatic ring is 1. The molecule has 0 unspecified atom stereocenters. The highest BCUT2D eigenvalue weighted by atomic mass is 19.4. The number of carbonyl (C=O) groups excluding carboxylic acids is 1. The highest BCUT2D eigenvalue weighted by molar-refractivity contribution is 6.05. The van der Waals surface area contributed by atoms with E-state index >= 15 is 0 Å². The van der Waals surface area contributed by atoms with Gasteiger partial charge in [-0.3, -0.25) is 9.59 Å². The molecule has 6 nitrogen and oxygen atoms in total. The average Bonchev–Trinajstić information content (AvgIpc) is 2.55. The summed E-state index contributed by atoms with van der Waals surface area (Å²) < 4.78 is 40.5. The van der Waals surface area contributed by atoms with E-state index in [0.29, 0.717) is 10.9 Å². The Hall–Kier alpha value is -3.49. The lowest BCUT2D eigenvalue weighted by Gasteiger charge is -2.12. The number of amides is 1. The number of pyridine rings is 1. The molecule has 0 radical (unpaired) electrons. The lowest BCUT2D eigenvalue weighted by molar-refractivity contribution is -0.274. The fourth-order valence-corrected chi connectivity index (χ4v) is 2.36. The van der Waals surface area contributed by atoms with Crippen LogP contribution in [0.4, 0.5) is 24.5 Å². The van der Waals surface area contributed by atoms with Gasteiger partial charge in [-0.25, -0.2) is 0 Å². The zero-order valence-corrected chi connectivity index (χ0v) is 13.1. The monoisotopic (exact) mass is 363 g/mol. The minimum Gasteiger partial charge on any atom is -0.404 e. The highest BCUT2D eigenvalue weighted by Gasteiger charge is 2.32. The number of rotatable bonds is 3. The van der Waals surface area contributed by atoms with Crippen molar-refractivity contribution in [2.75, 3.05) is 11.1 Å². The van der Waals surface area contributed by atoms with Gasteiger partial charge >= 0.3 is 6.36 Å².